The van der Waals surface area contributed by atoms with Gasteiger partial charge in [-0.3, -0.25) is 0 Å². The maximum atomic E-state index is 11.4. The molecule has 0 unspecified atom stereocenters. The Bertz CT molecular complexity index is 1460. The second-order valence-electron chi connectivity index (χ2n) is 8.46. The third-order valence-corrected chi connectivity index (χ3v) is 6.65. The fourth-order valence-corrected chi connectivity index (χ4v) is 4.65. The van der Waals surface area contributed by atoms with Gasteiger partial charge in [0.1, 0.15) is 18.2 Å². The van der Waals surface area contributed by atoms with Gasteiger partial charge in [0.2, 0.25) is 0 Å². The van der Waals surface area contributed by atoms with E-state index in [9.17, 15) is 9.90 Å². The zero-order chi connectivity index (χ0) is 25.5. The molecule has 0 atom stereocenters. The number of thiophene rings is 1. The number of hydrogen-bond donors (Lipinski definition) is 0. The van der Waals surface area contributed by atoms with Gasteiger partial charge in [0.15, 0.2) is 5.82 Å². The Morgan fingerprint density at radius 1 is 0.865 bits per heavy atom. The zero-order valence-electron chi connectivity index (χ0n) is 20.0. The Labute approximate surface area is 219 Å². The van der Waals surface area contributed by atoms with Gasteiger partial charge in [0.05, 0.1) is 12.5 Å². The van der Waals surface area contributed by atoms with E-state index in [1.807, 2.05) is 78.2 Å². The molecule has 6 nitrogen and oxygen atoms in total. The molecule has 5 rings (SSSR count). The topological polar surface area (TPSA) is 78.4 Å². The van der Waals surface area contributed by atoms with E-state index in [2.05, 4.69) is 16.0 Å². The average molecular weight is 507 g/mol. The Kier molecular flexibility index (Phi) is 7.52. The van der Waals surface area contributed by atoms with Crippen LogP contribution in [0.2, 0.25) is 0 Å². The molecule has 0 amide bonds. The molecule has 0 aliphatic carbocycles. The Morgan fingerprint density at radius 3 is 2.43 bits per heavy atom. The molecular weight excluding hydrogens is 482 g/mol. The van der Waals surface area contributed by atoms with E-state index in [4.69, 9.17) is 9.72 Å². The molecule has 2 heterocycles. The van der Waals surface area contributed by atoms with Crippen molar-refractivity contribution in [2.24, 2.45) is 0 Å². The molecule has 184 valence electrons. The summed E-state index contributed by atoms with van der Waals surface area (Å²) in [5.74, 6) is 0.941. The van der Waals surface area contributed by atoms with Gasteiger partial charge >= 0.3 is 0 Å². The van der Waals surface area contributed by atoms with E-state index in [1.165, 1.54) is 4.88 Å². The lowest BCUT2D eigenvalue weighted by molar-refractivity contribution is -0.255. The van der Waals surface area contributed by atoms with Gasteiger partial charge in [-0.25, -0.2) is 9.97 Å². The smallest absolute Gasteiger partial charge is 0.161 e. The van der Waals surface area contributed by atoms with Crippen molar-refractivity contribution >= 4 is 23.1 Å². The van der Waals surface area contributed by atoms with Crippen molar-refractivity contribution in [2.75, 3.05) is 4.90 Å². The fraction of sp³-hybridized carbons (Fsp3) is 0.100. The number of hydrogen-bond acceptors (Lipinski definition) is 7. The quantitative estimate of drug-likeness (QED) is 0.254. The van der Waals surface area contributed by atoms with Crippen molar-refractivity contribution in [1.29, 1.82) is 0 Å². The van der Waals surface area contributed by atoms with Gasteiger partial charge in [-0.2, -0.15) is 0 Å². The number of aromatic carboxylic acids is 1. The van der Waals surface area contributed by atoms with Crippen LogP contribution in [0.5, 0.6) is 5.75 Å². The monoisotopic (exact) mass is 506 g/mol. The Balaban J connectivity index is 1.36. The van der Waals surface area contributed by atoms with E-state index in [0.717, 1.165) is 28.3 Å². The van der Waals surface area contributed by atoms with Crippen LogP contribution >= 0.6 is 11.3 Å². The predicted molar refractivity (Wildman–Crippen MR) is 143 cm³/mol. The molecule has 0 radical (unpaired) electrons. The van der Waals surface area contributed by atoms with Gasteiger partial charge in [0, 0.05) is 23.2 Å². The summed E-state index contributed by atoms with van der Waals surface area (Å²) in [5, 5.41) is 13.4. The lowest BCUT2D eigenvalue weighted by Crippen LogP contribution is -2.24. The van der Waals surface area contributed by atoms with E-state index < -0.39 is 5.97 Å². The van der Waals surface area contributed by atoms with Crippen molar-refractivity contribution in [1.82, 2.24) is 9.97 Å². The first kappa shape index (κ1) is 24.2. The molecular formula is C30H24N3O3S-. The third kappa shape index (κ3) is 6.39. The molecule has 0 spiro atoms. The minimum Gasteiger partial charge on any atom is -0.545 e. The molecule has 3 aromatic carbocycles. The highest BCUT2D eigenvalue weighted by Crippen LogP contribution is 2.25. The highest BCUT2D eigenvalue weighted by Gasteiger charge is 2.13. The SMILES string of the molecule is O=C([O-])c1cccc(CN(Cc2cccs2)c2ccnc(-c3ccc(OCc4ccccc4)cc3)n2)c1. The number of rotatable bonds is 10. The van der Waals surface area contributed by atoms with Crippen LogP contribution in [0, 0.1) is 0 Å². The molecule has 0 aliphatic heterocycles. The third-order valence-electron chi connectivity index (χ3n) is 5.79. The highest BCUT2D eigenvalue weighted by atomic mass is 32.1. The molecule has 0 bridgehead atoms. The summed E-state index contributed by atoms with van der Waals surface area (Å²) in [5.41, 5.74) is 3.01. The molecule has 37 heavy (non-hydrogen) atoms. The molecule has 0 saturated heterocycles. The molecule has 2 aromatic heterocycles. The highest BCUT2D eigenvalue weighted by molar-refractivity contribution is 7.09. The maximum Gasteiger partial charge on any atom is 0.161 e. The molecule has 0 fully saturated rings. The summed E-state index contributed by atoms with van der Waals surface area (Å²) in [7, 11) is 0. The normalized spacial score (nSPS) is 10.7. The van der Waals surface area contributed by atoms with E-state index >= 15 is 0 Å². The van der Waals surface area contributed by atoms with Crippen LogP contribution in [0.4, 0.5) is 5.82 Å². The number of ether oxygens (including phenoxy) is 1. The molecule has 0 N–H and O–H groups in total. The van der Waals surface area contributed by atoms with Crippen molar-refractivity contribution in [2.45, 2.75) is 19.7 Å². The number of carbonyl (C=O) groups excluding carboxylic acids is 1. The van der Waals surface area contributed by atoms with Crippen LogP contribution in [0.25, 0.3) is 11.4 Å². The second kappa shape index (κ2) is 11.5. The molecule has 7 heteroatoms. The maximum absolute atomic E-state index is 11.4. The van der Waals surface area contributed by atoms with Gasteiger partial charge in [0.25, 0.3) is 0 Å². The summed E-state index contributed by atoms with van der Waals surface area (Å²) in [6.07, 6.45) is 1.75. The lowest BCUT2D eigenvalue weighted by Gasteiger charge is -2.24. The Morgan fingerprint density at radius 2 is 1.68 bits per heavy atom. The second-order valence-corrected chi connectivity index (χ2v) is 9.49. The summed E-state index contributed by atoms with van der Waals surface area (Å²) in [6, 6.07) is 30.6. The van der Waals surface area contributed by atoms with Crippen LogP contribution in [-0.2, 0) is 19.7 Å². The first-order valence-corrected chi connectivity index (χ1v) is 12.7. The van der Waals surface area contributed by atoms with Crippen LogP contribution in [0.15, 0.2) is 109 Å². The summed E-state index contributed by atoms with van der Waals surface area (Å²) >= 11 is 1.67. The van der Waals surface area contributed by atoms with Gasteiger partial charge in [-0.1, -0.05) is 54.6 Å². The largest absolute Gasteiger partial charge is 0.545 e. The minimum atomic E-state index is -1.19. The van der Waals surface area contributed by atoms with Crippen molar-refractivity contribution < 1.29 is 14.6 Å². The summed E-state index contributed by atoms with van der Waals surface area (Å²) in [6.45, 7) is 1.63. The van der Waals surface area contributed by atoms with E-state index in [-0.39, 0.29) is 5.56 Å². The van der Waals surface area contributed by atoms with Crippen LogP contribution in [0.3, 0.4) is 0 Å². The fourth-order valence-electron chi connectivity index (χ4n) is 3.93. The molecule has 5 aromatic rings. The predicted octanol–water partition coefficient (Wildman–Crippen LogP) is 5.35. The first-order valence-electron chi connectivity index (χ1n) is 11.8. The molecule has 0 saturated carbocycles. The number of nitrogens with zero attached hydrogens (tertiary/aromatic N) is 3. The van der Waals surface area contributed by atoms with E-state index in [0.29, 0.717) is 25.5 Å². The summed E-state index contributed by atoms with van der Waals surface area (Å²) < 4.78 is 5.90. The van der Waals surface area contributed by atoms with Crippen LogP contribution in [0.1, 0.15) is 26.4 Å². The zero-order valence-corrected chi connectivity index (χ0v) is 20.8. The number of carboxylic acids is 1. The molecule has 0 aliphatic rings. The number of anilines is 1. The van der Waals surface area contributed by atoms with Crippen LogP contribution < -0.4 is 14.7 Å². The first-order chi connectivity index (χ1) is 18.1. The number of carbonyl (C=O) groups is 1. The lowest BCUT2D eigenvalue weighted by atomic mass is 10.1. The van der Waals surface area contributed by atoms with Crippen molar-refractivity contribution in [3.63, 3.8) is 0 Å². The van der Waals surface area contributed by atoms with E-state index in [1.54, 1.807) is 35.7 Å². The minimum absolute atomic E-state index is 0.159. The Hall–Kier alpha value is -4.49. The number of benzene rings is 3. The average Bonchev–Trinajstić information content (AvgIpc) is 3.46. The summed E-state index contributed by atoms with van der Waals surface area (Å²) in [4.78, 5) is 24.0. The van der Waals surface area contributed by atoms with Gasteiger partial charge in [-0.05, 0) is 64.5 Å². The number of carboxylic acid groups (broad SMARTS) is 1. The standard InChI is InChI=1S/C30H25N3O3S/c34-30(35)25-9-4-8-23(18-25)19-33(20-27-10-5-17-37-27)28-15-16-31-29(32-28)24-11-13-26(14-12-24)36-21-22-6-2-1-3-7-22/h1-18H,19-21H2,(H,34,35)/p-1. The van der Waals surface area contributed by atoms with Crippen LogP contribution in [-0.4, -0.2) is 15.9 Å². The van der Waals surface area contributed by atoms with Gasteiger partial charge in [-0.15, -0.1) is 11.3 Å². The van der Waals surface area contributed by atoms with Crippen molar-refractivity contribution in [3.05, 3.63) is 130 Å². The number of aromatic nitrogens is 2. The van der Waals surface area contributed by atoms with Gasteiger partial charge < -0.3 is 19.5 Å². The van der Waals surface area contributed by atoms with Crippen molar-refractivity contribution in [3.8, 4) is 17.1 Å².